The van der Waals surface area contributed by atoms with Crippen LogP contribution in [0, 0.1) is 27.4 Å². The van der Waals surface area contributed by atoms with Crippen LogP contribution in [0.4, 0.5) is 0 Å². The van der Waals surface area contributed by atoms with Crippen LogP contribution in [0.25, 0.3) is 0 Å². The van der Waals surface area contributed by atoms with Gasteiger partial charge in [0.1, 0.15) is 0 Å². The molecule has 5 heteroatoms. The second kappa shape index (κ2) is 5.94. The third-order valence-corrected chi connectivity index (χ3v) is 4.10. The van der Waals surface area contributed by atoms with Gasteiger partial charge in [-0.25, -0.2) is 0 Å². The van der Waals surface area contributed by atoms with Crippen molar-refractivity contribution < 1.29 is 9.72 Å². The minimum Gasteiger partial charge on any atom is -0.351 e. The molecule has 1 amide bonds. The molecule has 0 aliphatic heterocycles. The standard InChI is InChI=1S/C15H26N2O3/c1-6-7-12-8-11(10-17(19)20)9-15(12,5)13(18)16-14(2,3)4/h6,11-12H,1,7-10H2,2-5H3,(H,16,18)/t11-,12-,15+/m0/s1. The maximum Gasteiger partial charge on any atom is 0.226 e. The number of allylic oxidation sites excluding steroid dienone is 1. The van der Waals surface area contributed by atoms with Crippen LogP contribution in [0.5, 0.6) is 0 Å². The van der Waals surface area contributed by atoms with Crippen LogP contribution < -0.4 is 5.32 Å². The van der Waals surface area contributed by atoms with Gasteiger partial charge in [-0.1, -0.05) is 13.0 Å². The van der Waals surface area contributed by atoms with Gasteiger partial charge < -0.3 is 5.32 Å². The van der Waals surface area contributed by atoms with Gasteiger partial charge in [-0.15, -0.1) is 6.58 Å². The Balaban J connectivity index is 2.89. The Kier molecular flexibility index (Phi) is 4.95. The van der Waals surface area contributed by atoms with E-state index in [1.165, 1.54) is 0 Å². The molecule has 0 heterocycles. The van der Waals surface area contributed by atoms with Crippen LogP contribution in [0.3, 0.4) is 0 Å². The highest BCUT2D eigenvalue weighted by Crippen LogP contribution is 2.48. The number of nitro groups is 1. The maximum atomic E-state index is 12.6. The van der Waals surface area contributed by atoms with Crippen molar-refractivity contribution in [2.45, 2.75) is 52.5 Å². The van der Waals surface area contributed by atoms with Gasteiger partial charge >= 0.3 is 0 Å². The highest BCUT2D eigenvalue weighted by molar-refractivity contribution is 5.83. The van der Waals surface area contributed by atoms with Crippen molar-refractivity contribution in [2.75, 3.05) is 6.54 Å². The number of carbonyl (C=O) groups excluding carboxylic acids is 1. The van der Waals surface area contributed by atoms with Crippen molar-refractivity contribution >= 4 is 5.91 Å². The fourth-order valence-electron chi connectivity index (χ4n) is 3.18. The van der Waals surface area contributed by atoms with Crippen LogP contribution in [0.2, 0.25) is 0 Å². The van der Waals surface area contributed by atoms with E-state index in [9.17, 15) is 14.9 Å². The van der Waals surface area contributed by atoms with Gasteiger partial charge in [-0.05, 0) is 46.0 Å². The SMILES string of the molecule is C=CC[C@H]1C[C@H](C[N+](=O)[O-])C[C@@]1(C)C(=O)NC(C)(C)C. The summed E-state index contributed by atoms with van der Waals surface area (Å²) in [7, 11) is 0. The third-order valence-electron chi connectivity index (χ3n) is 4.10. The average molecular weight is 282 g/mol. The molecule has 0 spiro atoms. The number of carbonyl (C=O) groups is 1. The maximum absolute atomic E-state index is 12.6. The van der Waals surface area contributed by atoms with Crippen molar-refractivity contribution in [3.63, 3.8) is 0 Å². The first kappa shape index (κ1) is 16.7. The molecular weight excluding hydrogens is 256 g/mol. The summed E-state index contributed by atoms with van der Waals surface area (Å²) >= 11 is 0. The van der Waals surface area contributed by atoms with Crippen LogP contribution in [-0.4, -0.2) is 22.9 Å². The number of amides is 1. The number of nitrogens with one attached hydrogen (secondary N) is 1. The summed E-state index contributed by atoms with van der Waals surface area (Å²) in [6.07, 6.45) is 3.83. The number of hydrogen-bond donors (Lipinski definition) is 1. The Morgan fingerprint density at radius 3 is 2.60 bits per heavy atom. The van der Waals surface area contributed by atoms with Crippen molar-refractivity contribution in [3.05, 3.63) is 22.8 Å². The molecule has 114 valence electrons. The molecule has 0 bridgehead atoms. The zero-order valence-corrected chi connectivity index (χ0v) is 12.9. The topological polar surface area (TPSA) is 72.2 Å². The summed E-state index contributed by atoms with van der Waals surface area (Å²) in [5.74, 6) is 0.112. The molecule has 20 heavy (non-hydrogen) atoms. The van der Waals surface area contributed by atoms with Gasteiger partial charge in [-0.2, -0.15) is 0 Å². The van der Waals surface area contributed by atoms with E-state index in [4.69, 9.17) is 0 Å². The molecular formula is C15H26N2O3. The summed E-state index contributed by atoms with van der Waals surface area (Å²) in [5.41, 5.74) is -0.831. The highest BCUT2D eigenvalue weighted by atomic mass is 16.6. The summed E-state index contributed by atoms with van der Waals surface area (Å²) < 4.78 is 0. The van der Waals surface area contributed by atoms with Crippen LogP contribution in [-0.2, 0) is 4.79 Å². The van der Waals surface area contributed by atoms with Gasteiger partial charge in [-0.3, -0.25) is 14.9 Å². The van der Waals surface area contributed by atoms with E-state index in [2.05, 4.69) is 11.9 Å². The first-order valence-corrected chi connectivity index (χ1v) is 7.14. The Labute approximate surface area is 121 Å². The molecule has 1 fully saturated rings. The Hall–Kier alpha value is -1.39. The molecule has 0 aromatic heterocycles. The van der Waals surface area contributed by atoms with Gasteiger partial charge in [0.15, 0.2) is 0 Å². The normalized spacial score (nSPS) is 30.0. The first-order valence-electron chi connectivity index (χ1n) is 7.14. The monoisotopic (exact) mass is 282 g/mol. The first-order chi connectivity index (χ1) is 9.08. The lowest BCUT2D eigenvalue weighted by atomic mass is 9.76. The minimum absolute atomic E-state index is 0.00250. The Morgan fingerprint density at radius 1 is 1.55 bits per heavy atom. The number of rotatable bonds is 5. The zero-order chi connectivity index (χ0) is 15.6. The van der Waals surface area contributed by atoms with E-state index in [1.807, 2.05) is 33.8 Å². The predicted molar refractivity (Wildman–Crippen MR) is 78.9 cm³/mol. The average Bonchev–Trinajstić information content (AvgIpc) is 2.53. The Bertz CT molecular complexity index is 400. The molecule has 1 aliphatic rings. The van der Waals surface area contributed by atoms with Gasteiger partial charge in [0, 0.05) is 21.8 Å². The lowest BCUT2D eigenvalue weighted by Gasteiger charge is -2.33. The molecule has 0 saturated heterocycles. The van der Waals surface area contributed by atoms with Crippen LogP contribution in [0.15, 0.2) is 12.7 Å². The van der Waals surface area contributed by atoms with E-state index in [0.717, 1.165) is 12.8 Å². The third kappa shape index (κ3) is 4.05. The number of nitrogens with zero attached hydrogens (tertiary/aromatic N) is 1. The summed E-state index contributed by atoms with van der Waals surface area (Å²) in [4.78, 5) is 23.0. The minimum atomic E-state index is -0.540. The summed E-state index contributed by atoms with van der Waals surface area (Å²) in [6.45, 7) is 11.5. The van der Waals surface area contributed by atoms with Crippen molar-refractivity contribution in [2.24, 2.45) is 17.3 Å². The Morgan fingerprint density at radius 2 is 2.15 bits per heavy atom. The molecule has 1 saturated carbocycles. The lowest BCUT2D eigenvalue weighted by Crippen LogP contribution is -2.49. The molecule has 0 radical (unpaired) electrons. The second-order valence-electron chi connectivity index (χ2n) is 7.16. The van der Waals surface area contributed by atoms with Gasteiger partial charge in [0.05, 0.1) is 0 Å². The number of hydrogen-bond acceptors (Lipinski definition) is 3. The summed E-state index contributed by atoms with van der Waals surface area (Å²) in [6, 6.07) is 0. The van der Waals surface area contributed by atoms with Crippen LogP contribution in [0.1, 0.15) is 47.0 Å². The fourth-order valence-corrected chi connectivity index (χ4v) is 3.18. The smallest absolute Gasteiger partial charge is 0.226 e. The van der Waals surface area contributed by atoms with Crippen molar-refractivity contribution in [1.82, 2.24) is 5.32 Å². The molecule has 0 aromatic carbocycles. The quantitative estimate of drug-likeness (QED) is 0.479. The van der Waals surface area contributed by atoms with E-state index >= 15 is 0 Å². The molecule has 1 aliphatic carbocycles. The molecule has 3 atom stereocenters. The van der Waals surface area contributed by atoms with Crippen LogP contribution >= 0.6 is 0 Å². The largest absolute Gasteiger partial charge is 0.351 e. The predicted octanol–water partition coefficient (Wildman–Crippen LogP) is 2.79. The molecule has 5 nitrogen and oxygen atoms in total. The van der Waals surface area contributed by atoms with Crippen molar-refractivity contribution in [3.8, 4) is 0 Å². The van der Waals surface area contributed by atoms with Gasteiger partial charge in [0.25, 0.3) is 0 Å². The van der Waals surface area contributed by atoms with E-state index in [1.54, 1.807) is 0 Å². The summed E-state index contributed by atoms with van der Waals surface area (Å²) in [5, 5.41) is 13.7. The molecule has 0 unspecified atom stereocenters. The molecule has 0 aromatic rings. The van der Waals surface area contributed by atoms with Crippen molar-refractivity contribution in [1.29, 1.82) is 0 Å². The molecule has 1 rings (SSSR count). The van der Waals surface area contributed by atoms with E-state index in [-0.39, 0.29) is 34.7 Å². The van der Waals surface area contributed by atoms with E-state index < -0.39 is 5.41 Å². The lowest BCUT2D eigenvalue weighted by molar-refractivity contribution is -0.488. The van der Waals surface area contributed by atoms with Gasteiger partial charge in [0.2, 0.25) is 12.5 Å². The highest BCUT2D eigenvalue weighted by Gasteiger charge is 2.50. The second-order valence-corrected chi connectivity index (χ2v) is 7.16. The zero-order valence-electron chi connectivity index (χ0n) is 12.9. The van der Waals surface area contributed by atoms with E-state index in [0.29, 0.717) is 6.42 Å². The fraction of sp³-hybridized carbons (Fsp3) is 0.800. The molecule has 1 N–H and O–H groups in total.